The molecule has 3 aromatic rings. The van der Waals surface area contributed by atoms with Crippen LogP contribution in [0.5, 0.6) is 11.5 Å². The Kier molecular flexibility index (Phi) is 8.03. The fraction of sp³-hybridized carbons (Fsp3) is 0.200. The van der Waals surface area contributed by atoms with Crippen molar-refractivity contribution in [2.24, 2.45) is 5.10 Å². The predicted octanol–water partition coefficient (Wildman–Crippen LogP) is 4.75. The molecule has 0 unspecified atom stereocenters. The molecule has 0 heterocycles. The zero-order valence-corrected chi connectivity index (χ0v) is 17.1. The minimum Gasteiger partial charge on any atom is -0.490 e. The largest absolute Gasteiger partial charge is 0.490 e. The molecule has 3 aromatic carbocycles. The summed E-state index contributed by atoms with van der Waals surface area (Å²) in [4.78, 5) is 12.0. The number of carbonyl (C=O) groups is 1. The zero-order valence-electron chi connectivity index (χ0n) is 17.1. The molecule has 154 valence electrons. The van der Waals surface area contributed by atoms with Crippen LogP contribution in [0.4, 0.5) is 0 Å². The molecular formula is C25H26N2O3. The summed E-state index contributed by atoms with van der Waals surface area (Å²) in [5, 5.41) is 4.06. The van der Waals surface area contributed by atoms with Crippen molar-refractivity contribution < 1.29 is 14.3 Å². The smallest absolute Gasteiger partial charge is 0.240 e. The molecule has 0 aromatic heterocycles. The van der Waals surface area contributed by atoms with Crippen molar-refractivity contribution in [3.05, 3.63) is 95.6 Å². The van der Waals surface area contributed by atoms with Crippen LogP contribution in [0, 0.1) is 0 Å². The molecule has 0 aliphatic rings. The zero-order chi connectivity index (χ0) is 21.0. The number of nitrogens with one attached hydrogen (secondary N) is 1. The third-order valence-corrected chi connectivity index (χ3v) is 4.39. The fourth-order valence-corrected chi connectivity index (χ4v) is 2.87. The minimum absolute atomic E-state index is 0.122. The maximum atomic E-state index is 12.0. The summed E-state index contributed by atoms with van der Waals surface area (Å²) < 4.78 is 11.6. The van der Waals surface area contributed by atoms with Crippen LogP contribution in [0.25, 0.3) is 0 Å². The van der Waals surface area contributed by atoms with Crippen molar-refractivity contribution in [2.75, 3.05) is 6.61 Å². The molecule has 5 nitrogen and oxygen atoms in total. The van der Waals surface area contributed by atoms with Crippen LogP contribution in [0.3, 0.4) is 0 Å². The Morgan fingerprint density at radius 1 is 0.900 bits per heavy atom. The van der Waals surface area contributed by atoms with E-state index in [-0.39, 0.29) is 5.91 Å². The number of aryl methyl sites for hydroxylation is 1. The standard InChI is InChI=1S/C25H26N2O3/c1-2-29-24-17-22(13-15-23(24)30-19-21-11-7-4-8-12-21)18-26-27-25(28)16-14-20-9-5-3-6-10-20/h3-13,15,17-18H,2,14,16,19H2,1H3,(H,27,28)/b26-18-. The van der Waals surface area contributed by atoms with E-state index >= 15 is 0 Å². The summed E-state index contributed by atoms with van der Waals surface area (Å²) in [6.07, 6.45) is 2.67. The van der Waals surface area contributed by atoms with Crippen LogP contribution in [0.15, 0.2) is 84.0 Å². The average molecular weight is 402 g/mol. The van der Waals surface area contributed by atoms with Gasteiger partial charge in [0.1, 0.15) is 6.61 Å². The molecule has 0 aliphatic heterocycles. The van der Waals surface area contributed by atoms with Gasteiger partial charge in [0.15, 0.2) is 11.5 Å². The van der Waals surface area contributed by atoms with Crippen molar-refractivity contribution in [2.45, 2.75) is 26.4 Å². The van der Waals surface area contributed by atoms with Gasteiger partial charge in [-0.3, -0.25) is 4.79 Å². The van der Waals surface area contributed by atoms with E-state index in [4.69, 9.17) is 9.47 Å². The summed E-state index contributed by atoms with van der Waals surface area (Å²) in [5.41, 5.74) is 5.60. The summed E-state index contributed by atoms with van der Waals surface area (Å²) in [6.45, 7) is 2.92. The third kappa shape index (κ3) is 6.78. The van der Waals surface area contributed by atoms with Crippen LogP contribution >= 0.6 is 0 Å². The molecule has 5 heteroatoms. The highest BCUT2D eigenvalue weighted by Crippen LogP contribution is 2.28. The van der Waals surface area contributed by atoms with Gasteiger partial charge in [-0.05, 0) is 48.2 Å². The number of hydrazone groups is 1. The second-order valence-corrected chi connectivity index (χ2v) is 6.69. The highest BCUT2D eigenvalue weighted by Gasteiger charge is 2.07. The lowest BCUT2D eigenvalue weighted by Gasteiger charge is -2.12. The van der Waals surface area contributed by atoms with Gasteiger partial charge in [0.2, 0.25) is 5.91 Å². The van der Waals surface area contributed by atoms with Crippen LogP contribution in [-0.2, 0) is 17.8 Å². The fourth-order valence-electron chi connectivity index (χ4n) is 2.87. The summed E-state index contributed by atoms with van der Waals surface area (Å²) >= 11 is 0. The topological polar surface area (TPSA) is 59.9 Å². The normalized spacial score (nSPS) is 10.7. The van der Waals surface area contributed by atoms with Crippen molar-refractivity contribution in [1.82, 2.24) is 5.43 Å². The number of carbonyl (C=O) groups excluding carboxylic acids is 1. The Balaban J connectivity index is 1.54. The first kappa shape index (κ1) is 21.1. The van der Waals surface area contributed by atoms with E-state index in [9.17, 15) is 4.79 Å². The maximum absolute atomic E-state index is 12.0. The molecule has 0 atom stereocenters. The second-order valence-electron chi connectivity index (χ2n) is 6.69. The first-order valence-electron chi connectivity index (χ1n) is 10.0. The van der Waals surface area contributed by atoms with Crippen LogP contribution < -0.4 is 14.9 Å². The van der Waals surface area contributed by atoms with E-state index in [2.05, 4.69) is 10.5 Å². The van der Waals surface area contributed by atoms with Crippen LogP contribution in [-0.4, -0.2) is 18.7 Å². The molecule has 0 aliphatic carbocycles. The molecule has 0 bridgehead atoms. The van der Waals surface area contributed by atoms with Crippen molar-refractivity contribution in [3.63, 3.8) is 0 Å². The number of nitrogens with zero attached hydrogens (tertiary/aromatic N) is 1. The van der Waals surface area contributed by atoms with E-state index in [0.29, 0.717) is 37.6 Å². The SMILES string of the molecule is CCOc1cc(/C=N\NC(=O)CCc2ccccc2)ccc1OCc1ccccc1. The summed E-state index contributed by atoms with van der Waals surface area (Å²) in [7, 11) is 0. The van der Waals surface area contributed by atoms with Gasteiger partial charge in [-0.1, -0.05) is 60.7 Å². The highest BCUT2D eigenvalue weighted by molar-refractivity contribution is 5.83. The number of benzene rings is 3. The van der Waals surface area contributed by atoms with E-state index in [1.807, 2.05) is 85.8 Å². The van der Waals surface area contributed by atoms with Crippen molar-refractivity contribution in [3.8, 4) is 11.5 Å². The monoisotopic (exact) mass is 402 g/mol. The van der Waals surface area contributed by atoms with Gasteiger partial charge in [0.05, 0.1) is 12.8 Å². The maximum Gasteiger partial charge on any atom is 0.240 e. The lowest BCUT2D eigenvalue weighted by molar-refractivity contribution is -0.121. The number of ether oxygens (including phenoxy) is 2. The van der Waals surface area contributed by atoms with Crippen LogP contribution in [0.2, 0.25) is 0 Å². The Bertz CT molecular complexity index is 957. The summed E-state index contributed by atoms with van der Waals surface area (Å²) in [6, 6.07) is 25.5. The van der Waals surface area contributed by atoms with E-state index in [1.54, 1.807) is 6.21 Å². The number of amides is 1. The Labute approximate surface area is 177 Å². The van der Waals surface area contributed by atoms with Gasteiger partial charge < -0.3 is 9.47 Å². The average Bonchev–Trinajstić information content (AvgIpc) is 2.79. The lowest BCUT2D eigenvalue weighted by Crippen LogP contribution is -2.17. The minimum atomic E-state index is -0.122. The molecule has 3 rings (SSSR count). The van der Waals surface area contributed by atoms with Gasteiger partial charge in [0.25, 0.3) is 0 Å². The second kappa shape index (κ2) is 11.4. The number of rotatable bonds is 10. The first-order valence-corrected chi connectivity index (χ1v) is 10.0. The van der Waals surface area contributed by atoms with Crippen LogP contribution in [0.1, 0.15) is 30.0 Å². The molecule has 0 radical (unpaired) electrons. The molecule has 0 saturated heterocycles. The quantitative estimate of drug-likeness (QED) is 0.393. The molecule has 30 heavy (non-hydrogen) atoms. The van der Waals surface area contributed by atoms with Crippen molar-refractivity contribution in [1.29, 1.82) is 0 Å². The van der Waals surface area contributed by atoms with Gasteiger partial charge in [-0.25, -0.2) is 5.43 Å². The first-order chi connectivity index (χ1) is 14.7. The van der Waals surface area contributed by atoms with Gasteiger partial charge in [0, 0.05) is 6.42 Å². The van der Waals surface area contributed by atoms with Crippen molar-refractivity contribution >= 4 is 12.1 Å². The Morgan fingerprint density at radius 2 is 1.60 bits per heavy atom. The molecule has 0 fully saturated rings. The summed E-state index contributed by atoms with van der Waals surface area (Å²) in [5.74, 6) is 1.19. The lowest BCUT2D eigenvalue weighted by atomic mass is 10.1. The van der Waals surface area contributed by atoms with E-state index in [1.165, 1.54) is 0 Å². The third-order valence-electron chi connectivity index (χ3n) is 4.39. The predicted molar refractivity (Wildman–Crippen MR) is 119 cm³/mol. The number of hydrogen-bond acceptors (Lipinski definition) is 4. The number of hydrogen-bond donors (Lipinski definition) is 1. The molecule has 1 amide bonds. The molecule has 0 saturated carbocycles. The molecule has 1 N–H and O–H groups in total. The molecular weight excluding hydrogens is 376 g/mol. The Morgan fingerprint density at radius 3 is 2.30 bits per heavy atom. The van der Waals surface area contributed by atoms with Gasteiger partial charge in [-0.15, -0.1) is 0 Å². The Hall–Kier alpha value is -3.60. The highest BCUT2D eigenvalue weighted by atomic mass is 16.5. The molecule has 0 spiro atoms. The van der Waals surface area contributed by atoms with Gasteiger partial charge in [-0.2, -0.15) is 5.10 Å². The van der Waals surface area contributed by atoms with E-state index in [0.717, 1.165) is 16.7 Å². The van der Waals surface area contributed by atoms with E-state index < -0.39 is 0 Å². The van der Waals surface area contributed by atoms with Gasteiger partial charge >= 0.3 is 0 Å².